The monoisotopic (exact) mass is 335 g/mol. The van der Waals surface area contributed by atoms with Gasteiger partial charge in [-0.1, -0.05) is 46.5 Å². The van der Waals surface area contributed by atoms with Gasteiger partial charge in [0.25, 0.3) is 11.5 Å². The Morgan fingerprint density at radius 2 is 1.83 bits per heavy atom. The van der Waals surface area contributed by atoms with E-state index in [1.807, 2.05) is 20.8 Å². The molecule has 1 aromatic rings. The average molecular weight is 335 g/mol. The van der Waals surface area contributed by atoms with Crippen LogP contribution in [0.15, 0.2) is 4.79 Å². The SMILES string of the molecule is Cc1nc(C(C)(C)C)[nH]c(=O)c1C(=O)NCC1(O)CCCCCC1. The van der Waals surface area contributed by atoms with Crippen LogP contribution in [0.4, 0.5) is 0 Å². The van der Waals surface area contributed by atoms with Crippen LogP contribution in [0, 0.1) is 6.92 Å². The Hall–Kier alpha value is -1.69. The third-order valence-corrected chi connectivity index (χ3v) is 4.65. The molecule has 1 aliphatic rings. The molecular weight excluding hydrogens is 306 g/mol. The van der Waals surface area contributed by atoms with Crippen LogP contribution in [0.1, 0.15) is 81.2 Å². The zero-order valence-corrected chi connectivity index (χ0v) is 15.2. The maximum absolute atomic E-state index is 12.4. The zero-order chi connectivity index (χ0) is 18.0. The molecule has 0 bridgehead atoms. The van der Waals surface area contributed by atoms with Gasteiger partial charge in [0.1, 0.15) is 11.4 Å². The Bertz CT molecular complexity index is 650. The van der Waals surface area contributed by atoms with Gasteiger partial charge < -0.3 is 15.4 Å². The summed E-state index contributed by atoms with van der Waals surface area (Å²) in [5, 5.41) is 13.3. The molecule has 134 valence electrons. The fraction of sp³-hybridized carbons (Fsp3) is 0.722. The van der Waals surface area contributed by atoms with E-state index in [0.717, 1.165) is 25.7 Å². The second kappa shape index (κ2) is 7.05. The number of aromatic nitrogens is 2. The van der Waals surface area contributed by atoms with E-state index in [1.165, 1.54) is 0 Å². The second-order valence-corrected chi connectivity index (χ2v) is 7.95. The average Bonchev–Trinajstić information content (AvgIpc) is 2.69. The quantitative estimate of drug-likeness (QED) is 0.738. The van der Waals surface area contributed by atoms with Crippen molar-refractivity contribution in [3.63, 3.8) is 0 Å². The van der Waals surface area contributed by atoms with Crippen molar-refractivity contribution in [2.45, 2.75) is 77.2 Å². The highest BCUT2D eigenvalue weighted by Crippen LogP contribution is 2.26. The van der Waals surface area contributed by atoms with Crippen LogP contribution in [0.2, 0.25) is 0 Å². The van der Waals surface area contributed by atoms with Gasteiger partial charge in [-0.25, -0.2) is 4.98 Å². The predicted molar refractivity (Wildman–Crippen MR) is 93.3 cm³/mol. The van der Waals surface area contributed by atoms with Crippen molar-refractivity contribution in [3.8, 4) is 0 Å². The normalized spacial score (nSPS) is 18.0. The molecule has 0 spiro atoms. The van der Waals surface area contributed by atoms with Crippen LogP contribution >= 0.6 is 0 Å². The number of aliphatic hydroxyl groups is 1. The molecule has 0 aromatic carbocycles. The first-order chi connectivity index (χ1) is 11.1. The van der Waals surface area contributed by atoms with E-state index in [9.17, 15) is 14.7 Å². The van der Waals surface area contributed by atoms with Gasteiger partial charge in [0.15, 0.2) is 0 Å². The number of aryl methyl sites for hydroxylation is 1. The van der Waals surface area contributed by atoms with Gasteiger partial charge >= 0.3 is 0 Å². The molecule has 6 nitrogen and oxygen atoms in total. The molecule has 1 amide bonds. The lowest BCUT2D eigenvalue weighted by atomic mass is 9.94. The summed E-state index contributed by atoms with van der Waals surface area (Å²) in [5.41, 5.74) is -1.16. The van der Waals surface area contributed by atoms with E-state index >= 15 is 0 Å². The summed E-state index contributed by atoms with van der Waals surface area (Å²) in [4.78, 5) is 31.8. The maximum atomic E-state index is 12.4. The van der Waals surface area contributed by atoms with E-state index in [-0.39, 0.29) is 17.5 Å². The molecule has 1 saturated carbocycles. The Labute approximate surface area is 143 Å². The Balaban J connectivity index is 2.14. The molecule has 1 heterocycles. The number of carbonyl (C=O) groups excluding carboxylic acids is 1. The van der Waals surface area contributed by atoms with Crippen LogP contribution in [0.3, 0.4) is 0 Å². The molecular formula is C18H29N3O3. The Morgan fingerprint density at radius 1 is 1.25 bits per heavy atom. The molecule has 3 N–H and O–H groups in total. The minimum atomic E-state index is -0.869. The molecule has 1 fully saturated rings. The highest BCUT2D eigenvalue weighted by Gasteiger charge is 2.29. The van der Waals surface area contributed by atoms with Gasteiger partial charge in [-0.3, -0.25) is 9.59 Å². The molecule has 0 saturated heterocycles. The number of amides is 1. The topological polar surface area (TPSA) is 95.1 Å². The van der Waals surface area contributed by atoms with Crippen LogP contribution in [-0.4, -0.2) is 33.1 Å². The van der Waals surface area contributed by atoms with Gasteiger partial charge in [-0.2, -0.15) is 0 Å². The standard InChI is InChI=1S/C18H29N3O3/c1-12-13(15(23)21-16(20-12)17(2,3)4)14(22)19-11-18(24)9-7-5-6-8-10-18/h24H,5-11H2,1-4H3,(H,19,22)(H,20,21,23). The van der Waals surface area contributed by atoms with Crippen LogP contribution < -0.4 is 10.9 Å². The van der Waals surface area contributed by atoms with E-state index in [2.05, 4.69) is 15.3 Å². The van der Waals surface area contributed by atoms with E-state index < -0.39 is 17.1 Å². The summed E-state index contributed by atoms with van der Waals surface area (Å²) in [6, 6.07) is 0. The third kappa shape index (κ3) is 4.44. The molecule has 1 aromatic heterocycles. The first-order valence-corrected chi connectivity index (χ1v) is 8.74. The van der Waals surface area contributed by atoms with Crippen molar-refractivity contribution in [1.29, 1.82) is 0 Å². The fourth-order valence-electron chi connectivity index (χ4n) is 3.11. The largest absolute Gasteiger partial charge is 0.388 e. The van der Waals surface area contributed by atoms with Crippen molar-refractivity contribution >= 4 is 5.91 Å². The van der Waals surface area contributed by atoms with Crippen molar-refractivity contribution < 1.29 is 9.90 Å². The minimum Gasteiger partial charge on any atom is -0.388 e. The van der Waals surface area contributed by atoms with Crippen molar-refractivity contribution in [2.24, 2.45) is 0 Å². The maximum Gasteiger partial charge on any atom is 0.264 e. The zero-order valence-electron chi connectivity index (χ0n) is 15.2. The van der Waals surface area contributed by atoms with Crippen LogP contribution in [0.25, 0.3) is 0 Å². The number of aromatic amines is 1. The summed E-state index contributed by atoms with van der Waals surface area (Å²) in [5.74, 6) is 0.0864. The van der Waals surface area contributed by atoms with E-state index in [1.54, 1.807) is 6.92 Å². The van der Waals surface area contributed by atoms with E-state index in [4.69, 9.17) is 0 Å². The predicted octanol–water partition coefficient (Wildman–Crippen LogP) is 2.19. The summed E-state index contributed by atoms with van der Waals surface area (Å²) < 4.78 is 0. The lowest BCUT2D eigenvalue weighted by molar-refractivity contribution is 0.0246. The van der Waals surface area contributed by atoms with Gasteiger partial charge in [-0.05, 0) is 19.8 Å². The number of rotatable bonds is 3. The Morgan fingerprint density at radius 3 is 2.33 bits per heavy atom. The number of carbonyl (C=O) groups is 1. The van der Waals surface area contributed by atoms with Gasteiger partial charge in [-0.15, -0.1) is 0 Å². The van der Waals surface area contributed by atoms with Crippen molar-refractivity contribution in [1.82, 2.24) is 15.3 Å². The van der Waals surface area contributed by atoms with Crippen molar-refractivity contribution in [3.05, 3.63) is 27.4 Å². The van der Waals surface area contributed by atoms with E-state index in [0.29, 0.717) is 24.4 Å². The third-order valence-electron chi connectivity index (χ3n) is 4.65. The molecule has 0 atom stereocenters. The summed E-state index contributed by atoms with van der Waals surface area (Å²) >= 11 is 0. The molecule has 1 aliphatic carbocycles. The molecule has 0 unspecified atom stereocenters. The van der Waals surface area contributed by atoms with Crippen molar-refractivity contribution in [2.75, 3.05) is 6.54 Å². The second-order valence-electron chi connectivity index (χ2n) is 7.95. The van der Waals surface area contributed by atoms with Gasteiger partial charge in [0.2, 0.25) is 0 Å². The number of H-pyrrole nitrogens is 1. The summed E-state index contributed by atoms with van der Waals surface area (Å²) in [7, 11) is 0. The highest BCUT2D eigenvalue weighted by atomic mass is 16.3. The first kappa shape index (κ1) is 18.6. The molecule has 24 heavy (non-hydrogen) atoms. The minimum absolute atomic E-state index is 0.0280. The first-order valence-electron chi connectivity index (χ1n) is 8.74. The van der Waals surface area contributed by atoms with Gasteiger partial charge in [0.05, 0.1) is 11.3 Å². The fourth-order valence-corrected chi connectivity index (χ4v) is 3.11. The summed E-state index contributed by atoms with van der Waals surface area (Å²) in [6.07, 6.45) is 5.54. The number of hydrogen-bond acceptors (Lipinski definition) is 4. The lowest BCUT2D eigenvalue weighted by Crippen LogP contribution is -2.44. The molecule has 0 radical (unpaired) electrons. The molecule has 0 aliphatic heterocycles. The lowest BCUT2D eigenvalue weighted by Gasteiger charge is -2.27. The number of nitrogens with one attached hydrogen (secondary N) is 2. The highest BCUT2D eigenvalue weighted by molar-refractivity contribution is 5.94. The Kier molecular flexibility index (Phi) is 5.48. The van der Waals surface area contributed by atoms with Gasteiger partial charge in [0, 0.05) is 12.0 Å². The van der Waals surface area contributed by atoms with Crippen LogP contribution in [0.5, 0.6) is 0 Å². The number of hydrogen-bond donors (Lipinski definition) is 3. The molecule has 2 rings (SSSR count). The smallest absolute Gasteiger partial charge is 0.264 e. The van der Waals surface area contributed by atoms with Crippen LogP contribution in [-0.2, 0) is 5.41 Å². The molecule has 6 heteroatoms. The number of nitrogens with zero attached hydrogens (tertiary/aromatic N) is 1. The summed E-state index contributed by atoms with van der Waals surface area (Å²) in [6.45, 7) is 7.69.